The highest BCUT2D eigenvalue weighted by molar-refractivity contribution is 6.23. The highest BCUT2D eigenvalue weighted by Gasteiger charge is 2.31. The number of rotatable bonds is 4. The number of benzene rings is 1. The van der Waals surface area contributed by atoms with E-state index >= 15 is 0 Å². The number of imide groups is 1. The number of nitrogens with one attached hydrogen (secondary N) is 1. The molecule has 0 bridgehead atoms. The Kier molecular flexibility index (Phi) is 3.59. The standard InChI is InChI=1S/C15H13N3O5/c16-13-12-10(14(21)17-15(12)22)7-11(20)18(13)8-2-1-3-9(6-8)23-5-4-19/h1-3,6-7,19H,4-5,16H2,(H,17,21,22). The van der Waals surface area contributed by atoms with E-state index in [-0.39, 0.29) is 30.2 Å². The highest BCUT2D eigenvalue weighted by Crippen LogP contribution is 2.24. The number of nitrogens with two attached hydrogens (primary N) is 1. The van der Waals surface area contributed by atoms with Crippen LogP contribution in [-0.4, -0.2) is 34.7 Å². The van der Waals surface area contributed by atoms with Crippen LogP contribution < -0.4 is 21.3 Å². The number of aliphatic hydroxyl groups is 1. The molecule has 2 heterocycles. The second-order valence-corrected chi connectivity index (χ2v) is 4.84. The minimum atomic E-state index is -0.638. The highest BCUT2D eigenvalue weighted by atomic mass is 16.5. The van der Waals surface area contributed by atoms with Gasteiger partial charge in [-0.05, 0) is 12.1 Å². The van der Waals surface area contributed by atoms with Crippen LogP contribution in [0.3, 0.4) is 0 Å². The Balaban J connectivity index is 2.15. The fraction of sp³-hybridized carbons (Fsp3) is 0.133. The molecule has 8 heteroatoms. The largest absolute Gasteiger partial charge is 0.491 e. The molecule has 0 radical (unpaired) electrons. The fourth-order valence-corrected chi connectivity index (χ4v) is 2.42. The van der Waals surface area contributed by atoms with Gasteiger partial charge in [-0.2, -0.15) is 0 Å². The zero-order valence-corrected chi connectivity index (χ0v) is 11.9. The lowest BCUT2D eigenvalue weighted by Gasteiger charge is -2.13. The summed E-state index contributed by atoms with van der Waals surface area (Å²) < 4.78 is 6.42. The lowest BCUT2D eigenvalue weighted by atomic mass is 10.1. The average molecular weight is 315 g/mol. The number of pyridine rings is 1. The number of nitrogens with zero attached hydrogens (tertiary/aromatic N) is 1. The van der Waals surface area contributed by atoms with E-state index in [4.69, 9.17) is 15.6 Å². The van der Waals surface area contributed by atoms with Crippen molar-refractivity contribution in [2.45, 2.75) is 0 Å². The number of ether oxygens (including phenoxy) is 1. The summed E-state index contributed by atoms with van der Waals surface area (Å²) in [5.41, 5.74) is 5.75. The molecule has 8 nitrogen and oxygen atoms in total. The van der Waals surface area contributed by atoms with Gasteiger partial charge >= 0.3 is 0 Å². The third kappa shape index (κ3) is 2.44. The molecule has 1 aromatic carbocycles. The molecule has 0 aliphatic carbocycles. The first-order valence-corrected chi connectivity index (χ1v) is 6.78. The molecule has 0 fully saturated rings. The number of amides is 2. The number of hydrogen-bond donors (Lipinski definition) is 3. The summed E-state index contributed by atoms with van der Waals surface area (Å²) in [6.07, 6.45) is 0. The molecule has 23 heavy (non-hydrogen) atoms. The second kappa shape index (κ2) is 5.58. The summed E-state index contributed by atoms with van der Waals surface area (Å²) in [5, 5.41) is 10.9. The van der Waals surface area contributed by atoms with Crippen LogP contribution in [0.1, 0.15) is 20.7 Å². The molecule has 0 atom stereocenters. The molecule has 1 aliphatic rings. The van der Waals surface area contributed by atoms with E-state index in [9.17, 15) is 14.4 Å². The van der Waals surface area contributed by atoms with Gasteiger partial charge in [0.05, 0.1) is 23.4 Å². The van der Waals surface area contributed by atoms with Crippen molar-refractivity contribution in [2.75, 3.05) is 18.9 Å². The van der Waals surface area contributed by atoms with Gasteiger partial charge < -0.3 is 15.6 Å². The Morgan fingerprint density at radius 3 is 2.70 bits per heavy atom. The van der Waals surface area contributed by atoms with Gasteiger partial charge in [0.15, 0.2) is 0 Å². The monoisotopic (exact) mass is 315 g/mol. The summed E-state index contributed by atoms with van der Waals surface area (Å²) in [7, 11) is 0. The molecule has 118 valence electrons. The molecule has 0 unspecified atom stereocenters. The Labute approximate surface area is 130 Å². The molecule has 1 aliphatic heterocycles. The van der Waals surface area contributed by atoms with Gasteiger partial charge in [-0.3, -0.25) is 24.3 Å². The van der Waals surface area contributed by atoms with Crippen LogP contribution in [0.5, 0.6) is 5.75 Å². The van der Waals surface area contributed by atoms with Gasteiger partial charge in [0.1, 0.15) is 18.2 Å². The Morgan fingerprint density at radius 2 is 1.96 bits per heavy atom. The van der Waals surface area contributed by atoms with Gasteiger partial charge in [0, 0.05) is 12.1 Å². The van der Waals surface area contributed by atoms with Crippen LogP contribution >= 0.6 is 0 Å². The van der Waals surface area contributed by atoms with Crippen molar-refractivity contribution in [1.82, 2.24) is 9.88 Å². The summed E-state index contributed by atoms with van der Waals surface area (Å²) in [5.74, 6) is -0.955. The molecule has 1 aromatic heterocycles. The van der Waals surface area contributed by atoms with Gasteiger partial charge in [-0.25, -0.2) is 0 Å². The third-order valence-electron chi connectivity index (χ3n) is 3.39. The number of nitrogen functional groups attached to an aromatic ring is 1. The van der Waals surface area contributed by atoms with Crippen LogP contribution in [0.2, 0.25) is 0 Å². The minimum absolute atomic E-state index is 0.0173. The Morgan fingerprint density at radius 1 is 1.17 bits per heavy atom. The second-order valence-electron chi connectivity index (χ2n) is 4.84. The first-order valence-electron chi connectivity index (χ1n) is 6.78. The number of carbonyl (C=O) groups excluding carboxylic acids is 2. The average Bonchev–Trinajstić information content (AvgIpc) is 2.80. The first-order chi connectivity index (χ1) is 11.0. The van der Waals surface area contributed by atoms with Crippen LogP contribution in [0.25, 0.3) is 5.69 Å². The lowest BCUT2D eigenvalue weighted by Crippen LogP contribution is -2.24. The molecule has 0 spiro atoms. The molecular formula is C15H13N3O5. The van der Waals surface area contributed by atoms with E-state index < -0.39 is 17.4 Å². The van der Waals surface area contributed by atoms with Crippen LogP contribution in [0.15, 0.2) is 35.1 Å². The van der Waals surface area contributed by atoms with E-state index in [1.165, 1.54) is 0 Å². The minimum Gasteiger partial charge on any atom is -0.491 e. The fourth-order valence-electron chi connectivity index (χ4n) is 2.42. The summed E-state index contributed by atoms with van der Waals surface area (Å²) in [6.45, 7) is -0.0393. The van der Waals surface area contributed by atoms with Crippen molar-refractivity contribution >= 4 is 17.6 Å². The lowest BCUT2D eigenvalue weighted by molar-refractivity contribution is 0.0880. The molecule has 0 saturated carbocycles. The third-order valence-corrected chi connectivity index (χ3v) is 3.39. The molecule has 0 saturated heterocycles. The molecule has 4 N–H and O–H groups in total. The van der Waals surface area contributed by atoms with E-state index in [1.54, 1.807) is 24.3 Å². The maximum absolute atomic E-state index is 12.3. The topological polar surface area (TPSA) is 124 Å². The Bertz CT molecular complexity index is 872. The van der Waals surface area contributed by atoms with Crippen molar-refractivity contribution in [3.05, 3.63) is 51.8 Å². The zero-order valence-electron chi connectivity index (χ0n) is 11.9. The van der Waals surface area contributed by atoms with Crippen molar-refractivity contribution in [1.29, 1.82) is 0 Å². The number of aliphatic hydroxyl groups excluding tert-OH is 1. The van der Waals surface area contributed by atoms with Crippen molar-refractivity contribution in [3.8, 4) is 11.4 Å². The van der Waals surface area contributed by atoms with Gasteiger partial charge in [-0.15, -0.1) is 0 Å². The van der Waals surface area contributed by atoms with Crippen LogP contribution in [0.4, 0.5) is 5.82 Å². The zero-order chi connectivity index (χ0) is 16.6. The van der Waals surface area contributed by atoms with E-state index in [0.717, 1.165) is 10.6 Å². The number of aromatic nitrogens is 1. The predicted molar refractivity (Wildman–Crippen MR) is 80.8 cm³/mol. The number of fused-ring (bicyclic) bond motifs is 1. The SMILES string of the molecule is Nc1c2c(cc(=O)n1-c1cccc(OCCO)c1)C(=O)NC2=O. The van der Waals surface area contributed by atoms with E-state index in [0.29, 0.717) is 11.4 Å². The summed E-state index contributed by atoms with van der Waals surface area (Å²) in [6, 6.07) is 7.54. The van der Waals surface area contributed by atoms with Crippen LogP contribution in [-0.2, 0) is 0 Å². The summed E-state index contributed by atoms with van der Waals surface area (Å²) in [4.78, 5) is 35.7. The van der Waals surface area contributed by atoms with Crippen molar-refractivity contribution in [2.24, 2.45) is 0 Å². The molecule has 3 rings (SSSR count). The van der Waals surface area contributed by atoms with E-state index in [1.807, 2.05) is 0 Å². The van der Waals surface area contributed by atoms with Crippen LogP contribution in [0, 0.1) is 0 Å². The maximum Gasteiger partial charge on any atom is 0.262 e. The number of hydrogen-bond acceptors (Lipinski definition) is 6. The predicted octanol–water partition coefficient (Wildman–Crippen LogP) is -0.326. The van der Waals surface area contributed by atoms with Crippen molar-refractivity contribution < 1.29 is 19.4 Å². The van der Waals surface area contributed by atoms with E-state index in [2.05, 4.69) is 5.32 Å². The van der Waals surface area contributed by atoms with Crippen molar-refractivity contribution in [3.63, 3.8) is 0 Å². The van der Waals surface area contributed by atoms with Gasteiger partial charge in [-0.1, -0.05) is 6.07 Å². The smallest absolute Gasteiger partial charge is 0.262 e. The summed E-state index contributed by atoms with van der Waals surface area (Å²) >= 11 is 0. The molecular weight excluding hydrogens is 302 g/mol. The molecule has 2 amide bonds. The first kappa shape index (κ1) is 14.8. The quantitative estimate of drug-likeness (QED) is 0.664. The maximum atomic E-state index is 12.3. The Hall–Kier alpha value is -3.13. The van der Waals surface area contributed by atoms with Gasteiger partial charge in [0.25, 0.3) is 17.4 Å². The number of anilines is 1. The number of carbonyl (C=O) groups is 2. The molecule has 2 aromatic rings. The normalized spacial score (nSPS) is 12.9. The van der Waals surface area contributed by atoms with Gasteiger partial charge in [0.2, 0.25) is 0 Å².